The topological polar surface area (TPSA) is 109 Å². The van der Waals surface area contributed by atoms with E-state index in [2.05, 4.69) is 22.1 Å². The van der Waals surface area contributed by atoms with Crippen molar-refractivity contribution in [1.29, 1.82) is 0 Å². The molecule has 2 fully saturated rings. The molecule has 4 heterocycles. The fraction of sp³-hybridized carbons (Fsp3) is 0.370. The highest BCUT2D eigenvalue weighted by Crippen LogP contribution is 2.30. The summed E-state index contributed by atoms with van der Waals surface area (Å²) in [5, 5.41) is 2.33. The van der Waals surface area contributed by atoms with E-state index < -0.39 is 11.9 Å². The summed E-state index contributed by atoms with van der Waals surface area (Å²) >= 11 is 0. The van der Waals surface area contributed by atoms with Crippen LogP contribution < -0.4 is 10.1 Å². The first-order chi connectivity index (χ1) is 17.4. The minimum Gasteiger partial charge on any atom is -0.481 e. The molecule has 9 heteroatoms. The molecule has 1 atom stereocenters. The number of fused-ring (bicyclic) bond motifs is 1. The minimum absolute atomic E-state index is 0.0514. The average molecular weight is 487 g/mol. The quantitative estimate of drug-likeness (QED) is 0.523. The summed E-state index contributed by atoms with van der Waals surface area (Å²) < 4.78 is 5.05. The molecule has 36 heavy (non-hydrogen) atoms. The van der Waals surface area contributed by atoms with Gasteiger partial charge in [-0.05, 0) is 43.0 Å². The number of amides is 4. The van der Waals surface area contributed by atoms with Crippen molar-refractivity contribution in [1.82, 2.24) is 20.1 Å². The largest absolute Gasteiger partial charge is 0.481 e. The number of likely N-dealkylation sites (tertiary alicyclic amines) is 1. The lowest BCUT2D eigenvalue weighted by Crippen LogP contribution is -2.52. The number of nitrogens with zero attached hydrogens (tertiary/aromatic N) is 3. The minimum atomic E-state index is -0.647. The third-order valence-electron chi connectivity index (χ3n) is 6.97. The van der Waals surface area contributed by atoms with Crippen LogP contribution in [0.4, 0.5) is 0 Å². The molecule has 0 bridgehead atoms. The Morgan fingerprint density at radius 2 is 1.92 bits per heavy atom. The molecule has 0 radical (unpaired) electrons. The predicted octanol–water partition coefficient (Wildman–Crippen LogP) is 1.76. The summed E-state index contributed by atoms with van der Waals surface area (Å²) in [6, 6.07) is 8.20. The Bertz CT molecular complexity index is 1290. The van der Waals surface area contributed by atoms with Crippen molar-refractivity contribution in [2.45, 2.75) is 38.3 Å². The van der Waals surface area contributed by atoms with Gasteiger partial charge >= 0.3 is 0 Å². The number of carbonyl (C=O) groups is 4. The molecular weight excluding hydrogens is 460 g/mol. The van der Waals surface area contributed by atoms with Crippen molar-refractivity contribution >= 4 is 23.6 Å². The summed E-state index contributed by atoms with van der Waals surface area (Å²) in [5.74, 6) is 6.21. The van der Waals surface area contributed by atoms with Crippen molar-refractivity contribution in [3.05, 3.63) is 58.8 Å². The third-order valence-corrected chi connectivity index (χ3v) is 6.97. The van der Waals surface area contributed by atoms with E-state index >= 15 is 0 Å². The Morgan fingerprint density at radius 3 is 2.61 bits per heavy atom. The molecule has 9 nitrogen and oxygen atoms in total. The van der Waals surface area contributed by atoms with Crippen LogP contribution in [0.1, 0.15) is 57.5 Å². The molecule has 184 valence electrons. The highest BCUT2D eigenvalue weighted by molar-refractivity contribution is 6.05. The van der Waals surface area contributed by atoms with E-state index in [1.165, 1.54) is 18.2 Å². The maximum atomic E-state index is 13.0. The van der Waals surface area contributed by atoms with Gasteiger partial charge in [0, 0.05) is 55.4 Å². The Morgan fingerprint density at radius 1 is 1.11 bits per heavy atom. The molecule has 3 aliphatic rings. The van der Waals surface area contributed by atoms with Crippen LogP contribution in [0.2, 0.25) is 0 Å². The number of carbonyl (C=O) groups excluding carboxylic acids is 4. The second-order valence-corrected chi connectivity index (χ2v) is 9.16. The number of benzene rings is 1. The summed E-state index contributed by atoms with van der Waals surface area (Å²) in [7, 11) is 1.53. The number of methoxy groups -OCH3 is 1. The van der Waals surface area contributed by atoms with Gasteiger partial charge in [-0.1, -0.05) is 17.9 Å². The van der Waals surface area contributed by atoms with Gasteiger partial charge in [-0.3, -0.25) is 24.5 Å². The van der Waals surface area contributed by atoms with Gasteiger partial charge in [0.1, 0.15) is 6.04 Å². The Labute approximate surface area is 208 Å². The van der Waals surface area contributed by atoms with E-state index in [4.69, 9.17) is 4.74 Å². The second kappa shape index (κ2) is 9.82. The first-order valence-electron chi connectivity index (χ1n) is 12.0. The summed E-state index contributed by atoms with van der Waals surface area (Å²) in [4.78, 5) is 57.0. The number of piperidine rings is 2. The number of nitrogens with one attached hydrogen (secondary N) is 1. The standard InChI is InChI=1S/C27H26N4O5/c1-36-24-10-7-19(15-28-24)26(34)30-13-11-17(12-14-30)5-6-18-3-2-4-20-21(18)16-31(27(20)35)22-8-9-23(32)29-25(22)33/h2-4,7,10,15,17,22H,8-9,11-14,16H2,1H3,(H,29,32,33). The van der Waals surface area contributed by atoms with E-state index in [9.17, 15) is 19.2 Å². The highest BCUT2D eigenvalue weighted by Gasteiger charge is 2.39. The average Bonchev–Trinajstić information content (AvgIpc) is 3.24. The molecule has 0 aliphatic carbocycles. The molecule has 2 saturated heterocycles. The zero-order chi connectivity index (χ0) is 25.2. The lowest BCUT2D eigenvalue weighted by atomic mass is 9.95. The van der Waals surface area contributed by atoms with Crippen molar-refractivity contribution in [2.24, 2.45) is 5.92 Å². The number of rotatable bonds is 3. The van der Waals surface area contributed by atoms with E-state index in [1.807, 2.05) is 11.0 Å². The normalized spacial score (nSPS) is 19.9. The van der Waals surface area contributed by atoms with Gasteiger partial charge in [-0.25, -0.2) is 4.98 Å². The monoisotopic (exact) mass is 486 g/mol. The van der Waals surface area contributed by atoms with Crippen molar-refractivity contribution in [3.63, 3.8) is 0 Å². The molecule has 5 rings (SSSR count). The van der Waals surface area contributed by atoms with Crippen LogP contribution in [0.3, 0.4) is 0 Å². The predicted molar refractivity (Wildman–Crippen MR) is 129 cm³/mol. The van der Waals surface area contributed by atoms with Crippen molar-refractivity contribution < 1.29 is 23.9 Å². The van der Waals surface area contributed by atoms with Crippen LogP contribution in [0.25, 0.3) is 0 Å². The van der Waals surface area contributed by atoms with Gasteiger partial charge in [0.25, 0.3) is 11.8 Å². The number of hydrogen-bond donors (Lipinski definition) is 1. The molecule has 4 amide bonds. The van der Waals surface area contributed by atoms with Crippen LogP contribution in [0.5, 0.6) is 5.88 Å². The maximum Gasteiger partial charge on any atom is 0.255 e. The number of ether oxygens (including phenoxy) is 1. The lowest BCUT2D eigenvalue weighted by molar-refractivity contribution is -0.136. The smallest absolute Gasteiger partial charge is 0.255 e. The van der Waals surface area contributed by atoms with Crippen molar-refractivity contribution in [2.75, 3.05) is 20.2 Å². The number of aromatic nitrogens is 1. The summed E-state index contributed by atoms with van der Waals surface area (Å²) in [6.45, 7) is 1.52. The van der Waals surface area contributed by atoms with Gasteiger partial charge in [0.15, 0.2) is 0 Å². The van der Waals surface area contributed by atoms with Gasteiger partial charge < -0.3 is 14.5 Å². The summed E-state index contributed by atoms with van der Waals surface area (Å²) in [6.07, 6.45) is 3.61. The van der Waals surface area contributed by atoms with Gasteiger partial charge in [0.2, 0.25) is 17.7 Å². The SMILES string of the molecule is COc1ccc(C(=O)N2CCC(C#Cc3cccc4c3CN(C3CCC(=O)NC3=O)C4=O)CC2)cn1. The molecule has 1 aromatic carbocycles. The van der Waals surface area contributed by atoms with Gasteiger partial charge in [0.05, 0.1) is 12.7 Å². The first kappa shape index (κ1) is 23.5. The fourth-order valence-corrected chi connectivity index (χ4v) is 4.92. The number of pyridine rings is 1. The van der Waals surface area contributed by atoms with Crippen LogP contribution in [0, 0.1) is 17.8 Å². The van der Waals surface area contributed by atoms with Crippen LogP contribution in [0.15, 0.2) is 36.5 Å². The van der Waals surface area contributed by atoms with Gasteiger partial charge in [-0.15, -0.1) is 0 Å². The fourth-order valence-electron chi connectivity index (χ4n) is 4.92. The summed E-state index contributed by atoms with van der Waals surface area (Å²) in [5.41, 5.74) is 2.68. The molecule has 0 spiro atoms. The number of imide groups is 1. The lowest BCUT2D eigenvalue weighted by Gasteiger charge is -2.30. The molecule has 0 saturated carbocycles. The molecule has 3 aliphatic heterocycles. The zero-order valence-corrected chi connectivity index (χ0v) is 20.0. The van der Waals surface area contributed by atoms with Crippen molar-refractivity contribution in [3.8, 4) is 17.7 Å². The molecular formula is C27H26N4O5. The van der Waals surface area contributed by atoms with E-state index in [0.29, 0.717) is 43.1 Å². The Hall–Kier alpha value is -4.19. The third kappa shape index (κ3) is 4.54. The van der Waals surface area contributed by atoms with Crippen LogP contribution >= 0.6 is 0 Å². The van der Waals surface area contributed by atoms with E-state index in [1.54, 1.807) is 24.3 Å². The van der Waals surface area contributed by atoms with E-state index in [-0.39, 0.29) is 30.1 Å². The Kier molecular flexibility index (Phi) is 6.42. The van der Waals surface area contributed by atoms with Crippen LogP contribution in [-0.4, -0.2) is 64.7 Å². The second-order valence-electron chi connectivity index (χ2n) is 9.16. The highest BCUT2D eigenvalue weighted by atomic mass is 16.5. The number of hydrogen-bond acceptors (Lipinski definition) is 6. The zero-order valence-electron chi connectivity index (χ0n) is 20.0. The first-order valence-corrected chi connectivity index (χ1v) is 12.0. The Balaban J connectivity index is 1.23. The maximum absolute atomic E-state index is 13.0. The molecule has 1 unspecified atom stereocenters. The molecule has 2 aromatic rings. The molecule has 1 N–H and O–H groups in total. The van der Waals surface area contributed by atoms with Crippen LogP contribution in [-0.2, 0) is 16.1 Å². The van der Waals surface area contributed by atoms with Gasteiger partial charge in [-0.2, -0.15) is 0 Å². The van der Waals surface area contributed by atoms with E-state index in [0.717, 1.165) is 24.0 Å². The molecule has 1 aromatic heterocycles.